The number of nitrogens with zero attached hydrogens (tertiary/aromatic N) is 1. The minimum absolute atomic E-state index is 0.387. The van der Waals surface area contributed by atoms with Crippen LogP contribution < -0.4 is 0 Å². The number of aryl methyl sites for hydroxylation is 3. The zero-order valence-electron chi connectivity index (χ0n) is 10.5. The van der Waals surface area contributed by atoms with E-state index in [1.54, 1.807) is 22.7 Å². The second-order valence-corrected chi connectivity index (χ2v) is 7.11. The lowest BCUT2D eigenvalue weighted by Gasteiger charge is -2.08. The smallest absolute Gasteiger partial charge is 0.0937 e. The Balaban J connectivity index is 1.75. The first kappa shape index (κ1) is 12.3. The largest absolute Gasteiger partial charge is 0.387 e. The van der Waals surface area contributed by atoms with Gasteiger partial charge in [-0.15, -0.1) is 22.7 Å². The molecule has 0 radical (unpaired) electrons. The van der Waals surface area contributed by atoms with E-state index in [9.17, 15) is 5.11 Å². The average Bonchev–Trinajstić information content (AvgIpc) is 2.95. The summed E-state index contributed by atoms with van der Waals surface area (Å²) in [6, 6.07) is 2.21. The summed E-state index contributed by atoms with van der Waals surface area (Å²) in [4.78, 5) is 7.03. The Kier molecular flexibility index (Phi) is 3.50. The number of aliphatic hydroxyl groups excluding tert-OH is 1. The van der Waals surface area contributed by atoms with Crippen LogP contribution in [0.25, 0.3) is 0 Å². The lowest BCUT2D eigenvalue weighted by atomic mass is 9.99. The van der Waals surface area contributed by atoms with Crippen molar-refractivity contribution in [1.29, 1.82) is 0 Å². The molecule has 2 nitrogen and oxygen atoms in total. The summed E-state index contributed by atoms with van der Waals surface area (Å²) in [6.07, 6.45) is 5.24. The van der Waals surface area contributed by atoms with E-state index in [1.807, 2.05) is 12.3 Å². The van der Waals surface area contributed by atoms with Crippen LogP contribution in [0.1, 0.15) is 45.0 Å². The zero-order valence-corrected chi connectivity index (χ0v) is 12.1. The highest BCUT2D eigenvalue weighted by Gasteiger charge is 2.18. The number of aromatic nitrogens is 1. The van der Waals surface area contributed by atoms with Crippen molar-refractivity contribution in [2.75, 3.05) is 0 Å². The van der Waals surface area contributed by atoms with Crippen LogP contribution in [0.15, 0.2) is 11.4 Å². The molecule has 0 aliphatic heterocycles. The fraction of sp³-hybridized carbons (Fsp3) is 0.500. The maximum absolute atomic E-state index is 10.3. The van der Waals surface area contributed by atoms with E-state index in [0.29, 0.717) is 6.42 Å². The van der Waals surface area contributed by atoms with E-state index in [-0.39, 0.29) is 6.10 Å². The van der Waals surface area contributed by atoms with E-state index in [4.69, 9.17) is 0 Å². The van der Waals surface area contributed by atoms with Crippen LogP contribution in [0, 0.1) is 6.92 Å². The second-order valence-electron chi connectivity index (χ2n) is 4.88. The highest BCUT2D eigenvalue weighted by atomic mass is 32.1. The molecule has 18 heavy (non-hydrogen) atoms. The Hall–Kier alpha value is -0.710. The van der Waals surface area contributed by atoms with Crippen LogP contribution in [0.2, 0.25) is 0 Å². The summed E-state index contributed by atoms with van der Waals surface area (Å²) in [5.41, 5.74) is 2.48. The lowest BCUT2D eigenvalue weighted by Crippen LogP contribution is -2.00. The number of hydrogen-bond donors (Lipinski definition) is 1. The van der Waals surface area contributed by atoms with Crippen LogP contribution in [-0.4, -0.2) is 10.1 Å². The van der Waals surface area contributed by atoms with Gasteiger partial charge in [-0.25, -0.2) is 4.98 Å². The summed E-state index contributed by atoms with van der Waals surface area (Å²) in [7, 11) is 0. The Morgan fingerprint density at radius 2 is 2.22 bits per heavy atom. The van der Waals surface area contributed by atoms with Crippen molar-refractivity contribution in [1.82, 2.24) is 4.98 Å². The first-order valence-corrected chi connectivity index (χ1v) is 8.12. The molecule has 0 fully saturated rings. The molecule has 96 valence electrons. The summed E-state index contributed by atoms with van der Waals surface area (Å²) in [6.45, 7) is 2.00. The Bertz CT molecular complexity index is 520. The highest BCUT2D eigenvalue weighted by Crippen LogP contribution is 2.34. The molecule has 2 heterocycles. The van der Waals surface area contributed by atoms with E-state index < -0.39 is 0 Å². The summed E-state index contributed by atoms with van der Waals surface area (Å²) in [5, 5.41) is 13.4. The van der Waals surface area contributed by atoms with Gasteiger partial charge in [0.15, 0.2) is 0 Å². The van der Waals surface area contributed by atoms with Crippen LogP contribution in [0.3, 0.4) is 0 Å². The van der Waals surface area contributed by atoms with Crippen molar-refractivity contribution >= 4 is 22.7 Å². The van der Waals surface area contributed by atoms with Crippen molar-refractivity contribution < 1.29 is 5.11 Å². The number of thiophene rings is 1. The normalized spacial score (nSPS) is 16.6. The maximum Gasteiger partial charge on any atom is 0.0937 e. The van der Waals surface area contributed by atoms with E-state index in [0.717, 1.165) is 15.6 Å². The third-order valence-electron chi connectivity index (χ3n) is 3.41. The van der Waals surface area contributed by atoms with Crippen LogP contribution >= 0.6 is 22.7 Å². The van der Waals surface area contributed by atoms with Crippen LogP contribution in [-0.2, 0) is 19.3 Å². The molecular weight excluding hydrogens is 262 g/mol. The number of hydrogen-bond acceptors (Lipinski definition) is 4. The SMILES string of the molecule is Cc1nc(CC(O)c2cc3c(s2)CCCC3)cs1. The molecule has 0 spiro atoms. The minimum atomic E-state index is -0.387. The van der Waals surface area contributed by atoms with Crippen molar-refractivity contribution in [3.63, 3.8) is 0 Å². The van der Waals surface area contributed by atoms with Crippen molar-refractivity contribution in [2.24, 2.45) is 0 Å². The first-order valence-electron chi connectivity index (χ1n) is 6.43. The monoisotopic (exact) mass is 279 g/mol. The van der Waals surface area contributed by atoms with Gasteiger partial charge in [0.05, 0.1) is 16.8 Å². The van der Waals surface area contributed by atoms with Gasteiger partial charge in [-0.2, -0.15) is 0 Å². The highest BCUT2D eigenvalue weighted by molar-refractivity contribution is 7.12. The van der Waals surface area contributed by atoms with Gasteiger partial charge in [0.1, 0.15) is 0 Å². The van der Waals surface area contributed by atoms with Gasteiger partial charge in [-0.05, 0) is 44.2 Å². The molecule has 1 N–H and O–H groups in total. The number of rotatable bonds is 3. The molecule has 0 amide bonds. The number of fused-ring (bicyclic) bond motifs is 1. The Morgan fingerprint density at radius 1 is 1.39 bits per heavy atom. The first-order chi connectivity index (χ1) is 8.72. The fourth-order valence-electron chi connectivity index (χ4n) is 2.48. The predicted octanol–water partition coefficient (Wildman–Crippen LogP) is 3.67. The van der Waals surface area contributed by atoms with Crippen LogP contribution in [0.4, 0.5) is 0 Å². The number of thiazole rings is 1. The topological polar surface area (TPSA) is 33.1 Å². The molecule has 1 aliphatic rings. The molecule has 4 heteroatoms. The number of aliphatic hydroxyl groups is 1. The molecule has 1 aliphatic carbocycles. The van der Waals surface area contributed by atoms with Gasteiger partial charge < -0.3 is 5.11 Å². The average molecular weight is 279 g/mol. The fourth-order valence-corrected chi connectivity index (χ4v) is 4.35. The molecule has 1 atom stereocenters. The summed E-state index contributed by atoms with van der Waals surface area (Å²) >= 11 is 3.45. The predicted molar refractivity (Wildman–Crippen MR) is 76.5 cm³/mol. The maximum atomic E-state index is 10.3. The second kappa shape index (κ2) is 5.11. The molecule has 1 unspecified atom stereocenters. The third-order valence-corrected chi connectivity index (χ3v) is 5.57. The molecule has 0 saturated carbocycles. The van der Waals surface area contributed by atoms with E-state index >= 15 is 0 Å². The molecule has 2 aromatic rings. The van der Waals surface area contributed by atoms with Crippen LogP contribution in [0.5, 0.6) is 0 Å². The third kappa shape index (κ3) is 2.51. The Morgan fingerprint density at radius 3 is 2.94 bits per heavy atom. The van der Waals surface area contributed by atoms with Crippen molar-refractivity contribution in [3.05, 3.63) is 37.5 Å². The molecule has 0 saturated heterocycles. The van der Waals surface area contributed by atoms with Gasteiger partial charge >= 0.3 is 0 Å². The standard InChI is InChI=1S/C14H17NOS2/c1-9-15-11(8-17-9)7-12(16)14-6-10-4-2-3-5-13(10)18-14/h6,8,12,16H,2-5,7H2,1H3. The molecule has 0 aromatic carbocycles. The van der Waals surface area contributed by atoms with Gasteiger partial charge in [-0.1, -0.05) is 0 Å². The van der Waals surface area contributed by atoms with Gasteiger partial charge in [0.2, 0.25) is 0 Å². The quantitative estimate of drug-likeness (QED) is 0.930. The van der Waals surface area contributed by atoms with E-state index in [1.165, 1.54) is 36.1 Å². The lowest BCUT2D eigenvalue weighted by molar-refractivity contribution is 0.181. The van der Waals surface area contributed by atoms with Gasteiger partial charge in [0.25, 0.3) is 0 Å². The molecule has 0 bridgehead atoms. The summed E-state index contributed by atoms with van der Waals surface area (Å²) in [5.74, 6) is 0. The molecule has 3 rings (SSSR count). The van der Waals surface area contributed by atoms with E-state index in [2.05, 4.69) is 11.1 Å². The minimum Gasteiger partial charge on any atom is -0.387 e. The van der Waals surface area contributed by atoms with Gasteiger partial charge in [-0.3, -0.25) is 0 Å². The molecular formula is C14H17NOS2. The summed E-state index contributed by atoms with van der Waals surface area (Å²) < 4.78 is 0. The van der Waals surface area contributed by atoms with Crippen molar-refractivity contribution in [3.8, 4) is 0 Å². The zero-order chi connectivity index (χ0) is 12.5. The van der Waals surface area contributed by atoms with Gasteiger partial charge in [0, 0.05) is 21.6 Å². The Labute approximate surface area is 115 Å². The van der Waals surface area contributed by atoms with Crippen molar-refractivity contribution in [2.45, 2.75) is 45.1 Å². The molecule has 2 aromatic heterocycles.